The van der Waals surface area contributed by atoms with Crippen LogP contribution < -0.4 is 14.4 Å². The monoisotopic (exact) mass is 749 g/mol. The molecule has 0 aromatic heterocycles. The lowest BCUT2D eigenvalue weighted by Crippen LogP contribution is -2.59. The highest BCUT2D eigenvalue weighted by atomic mass is 35.5. The average Bonchev–Trinajstić information content (AvgIpc) is 3.25. The summed E-state index contributed by atoms with van der Waals surface area (Å²) in [5, 5.41) is 0.439. The number of fused-ring (bicyclic) bond motifs is 4. The van der Waals surface area contributed by atoms with E-state index in [1.165, 1.54) is 17.5 Å². The van der Waals surface area contributed by atoms with Gasteiger partial charge in [0.1, 0.15) is 11.4 Å². The zero-order chi connectivity index (χ0) is 36.3. The van der Waals surface area contributed by atoms with Gasteiger partial charge in [0.15, 0.2) is 0 Å². The first kappa shape index (κ1) is 36.4. The lowest BCUT2D eigenvalue weighted by molar-refractivity contribution is -0.178. The molecule has 8 nitrogen and oxygen atoms in total. The largest absolute Gasteiger partial charge is 0.490 e. The Labute approximate surface area is 315 Å². The number of carbonyl (C=O) groups is 1. The van der Waals surface area contributed by atoms with Crippen LogP contribution in [-0.4, -0.2) is 90.4 Å². The number of benzene rings is 2. The second kappa shape index (κ2) is 13.9. The maximum absolute atomic E-state index is 14.0. The van der Waals surface area contributed by atoms with E-state index in [9.17, 15) is 9.00 Å². The summed E-state index contributed by atoms with van der Waals surface area (Å²) in [5.74, 6) is 5.22. The molecule has 282 valence electrons. The van der Waals surface area contributed by atoms with E-state index in [-0.39, 0.29) is 28.1 Å². The summed E-state index contributed by atoms with van der Waals surface area (Å²) in [7, 11) is -1.06. The molecule has 1 unspecified atom stereocenters. The first-order chi connectivity index (χ1) is 24.9. The van der Waals surface area contributed by atoms with Crippen molar-refractivity contribution in [1.29, 1.82) is 0 Å². The van der Waals surface area contributed by atoms with E-state index in [1.807, 2.05) is 32.2 Å². The molecule has 2 aliphatic carbocycles. The summed E-state index contributed by atoms with van der Waals surface area (Å²) in [5.41, 5.74) is 3.41. The van der Waals surface area contributed by atoms with Gasteiger partial charge in [-0.25, -0.2) is 4.21 Å². The number of rotatable bonds is 3. The van der Waals surface area contributed by atoms with Gasteiger partial charge in [-0.3, -0.25) is 14.4 Å². The zero-order valence-electron chi connectivity index (χ0n) is 31.2. The Morgan fingerprint density at radius 2 is 1.90 bits per heavy atom. The van der Waals surface area contributed by atoms with Crippen molar-refractivity contribution < 1.29 is 23.2 Å². The predicted octanol–water partition coefficient (Wildman–Crippen LogP) is 6.83. The molecule has 8 rings (SSSR count). The van der Waals surface area contributed by atoms with Crippen molar-refractivity contribution in [1.82, 2.24) is 9.62 Å². The number of allylic oxidation sites excluding steroid dienone is 1. The number of hydrogen-bond acceptors (Lipinski definition) is 7. The zero-order valence-corrected chi connectivity index (χ0v) is 32.7. The van der Waals surface area contributed by atoms with Crippen LogP contribution in [0.25, 0.3) is 0 Å². The molecular formula is C42H56ClN3O5S. The molecule has 4 aliphatic heterocycles. The first-order valence-corrected chi connectivity index (χ1v) is 21.7. The Kier molecular flexibility index (Phi) is 9.76. The van der Waals surface area contributed by atoms with Gasteiger partial charge in [-0.2, -0.15) is 0 Å². The van der Waals surface area contributed by atoms with E-state index >= 15 is 0 Å². The van der Waals surface area contributed by atoms with Crippen LogP contribution >= 0.6 is 11.6 Å². The third-order valence-electron chi connectivity index (χ3n) is 14.0. The van der Waals surface area contributed by atoms with Crippen molar-refractivity contribution in [2.45, 2.75) is 93.5 Å². The molecule has 2 bridgehead atoms. The van der Waals surface area contributed by atoms with Crippen molar-refractivity contribution in [3.05, 3.63) is 70.3 Å². The fourth-order valence-corrected chi connectivity index (χ4v) is 11.8. The van der Waals surface area contributed by atoms with E-state index < -0.39 is 15.3 Å². The number of likely N-dealkylation sites (tertiary alicyclic amines) is 1. The van der Waals surface area contributed by atoms with E-state index in [2.05, 4.69) is 51.6 Å². The number of anilines is 1. The molecule has 7 atom stereocenters. The van der Waals surface area contributed by atoms with Crippen LogP contribution in [0.4, 0.5) is 5.69 Å². The van der Waals surface area contributed by atoms with Gasteiger partial charge in [0.05, 0.1) is 34.2 Å². The number of nitrogens with zero attached hydrogens (tertiary/aromatic N) is 2. The maximum atomic E-state index is 14.0. The number of amides is 1. The molecular weight excluding hydrogens is 694 g/mol. The van der Waals surface area contributed by atoms with Gasteiger partial charge >= 0.3 is 0 Å². The summed E-state index contributed by atoms with van der Waals surface area (Å²) < 4.78 is 36.4. The van der Waals surface area contributed by atoms with Gasteiger partial charge < -0.3 is 19.1 Å². The Morgan fingerprint density at radius 3 is 2.62 bits per heavy atom. The highest BCUT2D eigenvalue weighted by molar-refractivity contribution is 7.99. The molecule has 1 N–H and O–H groups in total. The average molecular weight is 750 g/mol. The van der Waals surface area contributed by atoms with Gasteiger partial charge in [0, 0.05) is 61.1 Å². The first-order valence-electron chi connectivity index (χ1n) is 19.5. The molecule has 2 saturated heterocycles. The number of hydrogen-bond donors (Lipinski definition) is 1. The lowest BCUT2D eigenvalue weighted by Gasteiger charge is -2.53. The highest BCUT2D eigenvalue weighted by Gasteiger charge is 2.51. The van der Waals surface area contributed by atoms with Gasteiger partial charge in [-0.15, -0.1) is 0 Å². The summed E-state index contributed by atoms with van der Waals surface area (Å²) in [6.45, 7) is 9.94. The molecule has 2 aromatic carbocycles. The Balaban J connectivity index is 1.18. The minimum atomic E-state index is -2.95. The van der Waals surface area contributed by atoms with E-state index in [4.69, 9.17) is 25.8 Å². The Bertz CT molecular complexity index is 1820. The smallest absolute Gasteiger partial charge is 0.262 e. The SMILES string of the molecule is C=S1(=O)NC(=O)c2ccc3c(c2)N(C[C@@H]2CC[C@H]2[C@](CN2CCC4(CCO4)CC2)(OC)/C=C/C[C@H](C)[C@H]1C)C[C@@]1(CCCc2cc(Cl)ccc21)CO3. The van der Waals surface area contributed by atoms with Crippen molar-refractivity contribution >= 4 is 38.8 Å². The van der Waals surface area contributed by atoms with Crippen LogP contribution in [0.5, 0.6) is 5.75 Å². The number of halogens is 1. The number of ether oxygens (including phenoxy) is 3. The van der Waals surface area contributed by atoms with Crippen LogP contribution in [0.3, 0.4) is 0 Å². The number of aryl methyl sites for hydroxylation is 1. The van der Waals surface area contributed by atoms with Crippen molar-refractivity contribution in [3.8, 4) is 5.75 Å². The number of nitrogens with one attached hydrogen (secondary N) is 1. The van der Waals surface area contributed by atoms with Gasteiger partial charge in [-0.1, -0.05) is 36.7 Å². The topological polar surface area (TPSA) is 80.3 Å². The van der Waals surface area contributed by atoms with Crippen molar-refractivity contribution in [2.75, 3.05) is 57.9 Å². The summed E-state index contributed by atoms with van der Waals surface area (Å²) in [6, 6.07) is 12.0. The van der Waals surface area contributed by atoms with Crippen LogP contribution in [0, 0.1) is 17.8 Å². The van der Waals surface area contributed by atoms with Crippen molar-refractivity contribution in [3.63, 3.8) is 0 Å². The predicted molar refractivity (Wildman–Crippen MR) is 210 cm³/mol. The molecule has 3 fully saturated rings. The van der Waals surface area contributed by atoms with E-state index in [0.29, 0.717) is 24.0 Å². The summed E-state index contributed by atoms with van der Waals surface area (Å²) >= 11 is 6.52. The molecule has 10 heteroatoms. The minimum Gasteiger partial charge on any atom is -0.490 e. The fraction of sp³-hybridized carbons (Fsp3) is 0.619. The Hall–Kier alpha value is -2.56. The highest BCUT2D eigenvalue weighted by Crippen LogP contribution is 2.50. The quantitative estimate of drug-likeness (QED) is 0.273. The fourth-order valence-electron chi connectivity index (χ4n) is 10.2. The van der Waals surface area contributed by atoms with Gasteiger partial charge in [0.25, 0.3) is 5.91 Å². The summed E-state index contributed by atoms with van der Waals surface area (Å²) in [6.07, 6.45) is 13.9. The molecule has 2 aromatic rings. The van der Waals surface area contributed by atoms with Crippen molar-refractivity contribution in [2.24, 2.45) is 17.8 Å². The molecule has 6 aliphatic rings. The van der Waals surface area contributed by atoms with Crippen LogP contribution in [-0.2, 0) is 31.0 Å². The lowest BCUT2D eigenvalue weighted by atomic mass is 9.63. The van der Waals surface area contributed by atoms with E-state index in [0.717, 1.165) is 107 Å². The molecule has 2 spiro atoms. The third-order valence-corrected chi connectivity index (χ3v) is 16.4. The minimum absolute atomic E-state index is 0.0344. The second-order valence-electron chi connectivity index (χ2n) is 16.9. The van der Waals surface area contributed by atoms with E-state index in [1.54, 1.807) is 6.07 Å². The molecule has 1 amide bonds. The van der Waals surface area contributed by atoms with Gasteiger partial charge in [0.2, 0.25) is 0 Å². The molecule has 4 heterocycles. The number of carbonyl (C=O) groups excluding carboxylic acids is 1. The van der Waals surface area contributed by atoms with Crippen LogP contribution in [0.1, 0.15) is 86.7 Å². The standard InChI is InChI=1S/C42H56ClN3O5S/c1-29-7-5-16-42(49-3,27-45-20-17-41(18-21-45)19-22-51-41)36-12-9-33(36)25-46-26-40(15-6-8-31-23-34(43)11-13-35(31)40)28-50-38-14-10-32(24-37(38)46)39(47)44-52(4,48)30(29)2/h5,10-11,13-14,16,23-24,29-30,33,36H,4,6-9,12,15,17-22,25-28H2,1-3H3,(H,44,47,48)/b16-5+/t29-,30+,33-,36+,40-,42-,52?/m0/s1. The van der Waals surface area contributed by atoms with Gasteiger partial charge in [-0.05, 0) is 130 Å². The maximum Gasteiger partial charge on any atom is 0.262 e. The van der Waals surface area contributed by atoms with Crippen LogP contribution in [0.2, 0.25) is 5.02 Å². The summed E-state index contributed by atoms with van der Waals surface area (Å²) in [4.78, 5) is 18.9. The number of piperidine rings is 1. The molecule has 0 radical (unpaired) electrons. The molecule has 1 saturated carbocycles. The second-order valence-corrected chi connectivity index (χ2v) is 19.8. The number of methoxy groups -OCH3 is 1. The normalized spacial score (nSPS) is 36.7. The Morgan fingerprint density at radius 1 is 1.10 bits per heavy atom. The third kappa shape index (κ3) is 6.61. The molecule has 52 heavy (non-hydrogen) atoms. The van der Waals surface area contributed by atoms with Crippen LogP contribution in [0.15, 0.2) is 48.6 Å².